The lowest BCUT2D eigenvalue weighted by Gasteiger charge is -2.23. The van der Waals surface area contributed by atoms with E-state index in [0.717, 1.165) is 66.9 Å². The summed E-state index contributed by atoms with van der Waals surface area (Å²) in [6.07, 6.45) is -0.295. The van der Waals surface area contributed by atoms with Gasteiger partial charge in [-0.3, -0.25) is 0 Å². The molecular formula is C51H33N5O. The lowest BCUT2D eigenvalue weighted by molar-refractivity contribution is 0.668. The number of furan rings is 1. The van der Waals surface area contributed by atoms with Crippen LogP contribution in [0.3, 0.4) is 0 Å². The molecular weight excluding hydrogens is 699 g/mol. The SMILES string of the molecule is c1ccc(C2=NC(c3cccc4oc5cc(-n6c7ccccc7c7cc8c9ccccc9n(-c9ccccc9)c8cc76)ccc5c34)=NC(c3ccccc3)N2)cc1. The van der Waals surface area contributed by atoms with Crippen molar-refractivity contribution in [2.75, 3.05) is 0 Å². The van der Waals surface area contributed by atoms with Crippen LogP contribution in [-0.2, 0) is 0 Å². The maximum Gasteiger partial charge on any atom is 0.160 e. The standard InChI is InChI=1S/C51H33N5O/c1-4-15-32(16-5-1)49-52-50(33-17-6-2-7-18-33)54-51(53-49)39-23-14-26-46-48(39)38-28-27-35(29-47(38)57-46)56-43-25-13-11-22-37(43)41-30-40-36-21-10-12-24-42(36)55(44(40)31-45(41)56)34-19-8-3-9-20-34/h1-31,49H,(H,52,53,54). The monoisotopic (exact) mass is 731 g/mol. The van der Waals surface area contributed by atoms with Gasteiger partial charge >= 0.3 is 0 Å². The highest BCUT2D eigenvalue weighted by Gasteiger charge is 2.24. The minimum atomic E-state index is -0.295. The molecule has 11 aromatic rings. The van der Waals surface area contributed by atoms with Gasteiger partial charge in [0.25, 0.3) is 0 Å². The summed E-state index contributed by atoms with van der Waals surface area (Å²) >= 11 is 0. The molecule has 6 heteroatoms. The molecule has 1 atom stereocenters. The molecule has 6 nitrogen and oxygen atoms in total. The zero-order chi connectivity index (χ0) is 37.5. The van der Waals surface area contributed by atoms with Crippen LogP contribution in [0.5, 0.6) is 0 Å². The molecule has 0 spiro atoms. The Balaban J connectivity index is 1.06. The molecule has 1 N–H and O–H groups in total. The Bertz CT molecular complexity index is 3430. The summed E-state index contributed by atoms with van der Waals surface area (Å²) in [4.78, 5) is 10.3. The summed E-state index contributed by atoms with van der Waals surface area (Å²) in [7, 11) is 0. The van der Waals surface area contributed by atoms with Crippen LogP contribution in [0.25, 0.3) is 76.9 Å². The number of amidine groups is 2. The summed E-state index contributed by atoms with van der Waals surface area (Å²) in [6.45, 7) is 0. The summed E-state index contributed by atoms with van der Waals surface area (Å²) in [5, 5.41) is 10.5. The van der Waals surface area contributed by atoms with Gasteiger partial charge in [0.1, 0.15) is 23.2 Å². The van der Waals surface area contributed by atoms with Crippen LogP contribution in [0, 0.1) is 0 Å². The van der Waals surface area contributed by atoms with E-state index in [1.54, 1.807) is 0 Å². The van der Waals surface area contributed by atoms with Gasteiger partial charge in [-0.2, -0.15) is 0 Å². The van der Waals surface area contributed by atoms with Crippen molar-refractivity contribution in [3.63, 3.8) is 0 Å². The summed E-state index contributed by atoms with van der Waals surface area (Å²) in [6, 6.07) is 66.1. The maximum atomic E-state index is 6.72. The molecule has 0 bridgehead atoms. The molecule has 3 aromatic heterocycles. The number of hydrogen-bond donors (Lipinski definition) is 1. The van der Waals surface area contributed by atoms with Gasteiger partial charge in [0, 0.05) is 60.9 Å². The third-order valence-corrected chi connectivity index (χ3v) is 11.4. The van der Waals surface area contributed by atoms with E-state index in [1.807, 2.05) is 48.5 Å². The Labute approximate surface area is 327 Å². The molecule has 1 unspecified atom stereocenters. The van der Waals surface area contributed by atoms with E-state index in [2.05, 4.69) is 154 Å². The average molecular weight is 732 g/mol. The van der Waals surface area contributed by atoms with Gasteiger partial charge in [0.2, 0.25) is 0 Å². The van der Waals surface area contributed by atoms with Gasteiger partial charge in [-0.15, -0.1) is 0 Å². The molecule has 0 fully saturated rings. The fourth-order valence-corrected chi connectivity index (χ4v) is 8.82. The number of nitrogens with zero attached hydrogens (tertiary/aromatic N) is 4. The smallest absolute Gasteiger partial charge is 0.160 e. The lowest BCUT2D eigenvalue weighted by atomic mass is 10.0. The van der Waals surface area contributed by atoms with Crippen molar-refractivity contribution < 1.29 is 4.42 Å². The number of benzene rings is 8. The first-order chi connectivity index (χ1) is 28.3. The number of nitrogens with one attached hydrogen (secondary N) is 1. The number of fused-ring (bicyclic) bond motifs is 9. The lowest BCUT2D eigenvalue weighted by Crippen LogP contribution is -2.33. The molecule has 8 aromatic carbocycles. The van der Waals surface area contributed by atoms with Crippen molar-refractivity contribution >= 4 is 77.2 Å². The van der Waals surface area contributed by atoms with Crippen molar-refractivity contribution in [3.05, 3.63) is 205 Å². The number of aliphatic imine (C=N–C) groups is 2. The molecule has 1 aliphatic heterocycles. The molecule has 12 rings (SSSR count). The van der Waals surface area contributed by atoms with Crippen LogP contribution in [-0.4, -0.2) is 20.8 Å². The fraction of sp³-hybridized carbons (Fsp3) is 0.0196. The topological polar surface area (TPSA) is 59.8 Å². The minimum Gasteiger partial charge on any atom is -0.456 e. The van der Waals surface area contributed by atoms with E-state index < -0.39 is 0 Å². The predicted octanol–water partition coefficient (Wildman–Crippen LogP) is 12.3. The van der Waals surface area contributed by atoms with Crippen molar-refractivity contribution in [3.8, 4) is 11.4 Å². The Kier molecular flexibility index (Phi) is 6.89. The molecule has 0 amide bonds. The molecule has 4 heterocycles. The van der Waals surface area contributed by atoms with Crippen LogP contribution in [0.4, 0.5) is 0 Å². The molecule has 1 aliphatic rings. The average Bonchev–Trinajstić information content (AvgIpc) is 3.93. The molecule has 0 saturated heterocycles. The Hall–Kier alpha value is -7.70. The first-order valence-electron chi connectivity index (χ1n) is 19.3. The van der Waals surface area contributed by atoms with E-state index in [4.69, 9.17) is 14.4 Å². The number of para-hydroxylation sites is 3. The Morgan fingerprint density at radius 3 is 1.81 bits per heavy atom. The van der Waals surface area contributed by atoms with Crippen LogP contribution in [0.1, 0.15) is 22.9 Å². The van der Waals surface area contributed by atoms with Gasteiger partial charge < -0.3 is 18.9 Å². The minimum absolute atomic E-state index is 0.295. The second kappa shape index (κ2) is 12.4. The number of hydrogen-bond acceptors (Lipinski definition) is 4. The van der Waals surface area contributed by atoms with Crippen molar-refractivity contribution in [2.24, 2.45) is 9.98 Å². The number of aromatic nitrogens is 2. The zero-order valence-electron chi connectivity index (χ0n) is 30.7. The van der Waals surface area contributed by atoms with Crippen molar-refractivity contribution in [1.29, 1.82) is 0 Å². The van der Waals surface area contributed by atoms with Crippen LogP contribution in [0.15, 0.2) is 202 Å². The molecule has 57 heavy (non-hydrogen) atoms. The Morgan fingerprint density at radius 1 is 0.456 bits per heavy atom. The van der Waals surface area contributed by atoms with Gasteiger partial charge in [-0.1, -0.05) is 127 Å². The van der Waals surface area contributed by atoms with E-state index in [0.29, 0.717) is 5.84 Å². The molecule has 0 saturated carbocycles. The normalized spacial score (nSPS) is 14.5. The summed E-state index contributed by atoms with van der Waals surface area (Å²) < 4.78 is 11.5. The van der Waals surface area contributed by atoms with E-state index in [9.17, 15) is 0 Å². The molecule has 0 radical (unpaired) electrons. The molecule has 268 valence electrons. The molecule has 0 aliphatic carbocycles. The summed E-state index contributed by atoms with van der Waals surface area (Å²) in [5.74, 6) is 1.45. The fourth-order valence-electron chi connectivity index (χ4n) is 8.82. The largest absolute Gasteiger partial charge is 0.456 e. The number of rotatable bonds is 5. The highest BCUT2D eigenvalue weighted by Crippen LogP contribution is 2.41. The third-order valence-electron chi connectivity index (χ3n) is 11.4. The highest BCUT2D eigenvalue weighted by molar-refractivity contribution is 6.23. The first kappa shape index (κ1) is 31.6. The van der Waals surface area contributed by atoms with E-state index in [-0.39, 0.29) is 6.17 Å². The van der Waals surface area contributed by atoms with Gasteiger partial charge in [-0.25, -0.2) is 9.98 Å². The van der Waals surface area contributed by atoms with Gasteiger partial charge in [0.15, 0.2) is 5.84 Å². The van der Waals surface area contributed by atoms with E-state index >= 15 is 0 Å². The quantitative estimate of drug-likeness (QED) is 0.192. The van der Waals surface area contributed by atoms with Gasteiger partial charge in [-0.05, 0) is 60.2 Å². The van der Waals surface area contributed by atoms with Crippen LogP contribution < -0.4 is 5.32 Å². The first-order valence-corrected chi connectivity index (χ1v) is 19.3. The highest BCUT2D eigenvalue weighted by atomic mass is 16.3. The maximum absolute atomic E-state index is 6.72. The van der Waals surface area contributed by atoms with Crippen molar-refractivity contribution in [2.45, 2.75) is 6.17 Å². The van der Waals surface area contributed by atoms with E-state index in [1.165, 1.54) is 32.6 Å². The van der Waals surface area contributed by atoms with Gasteiger partial charge in [0.05, 0.1) is 22.1 Å². The zero-order valence-corrected chi connectivity index (χ0v) is 30.7. The Morgan fingerprint density at radius 2 is 1.09 bits per heavy atom. The van der Waals surface area contributed by atoms with Crippen LogP contribution >= 0.6 is 0 Å². The van der Waals surface area contributed by atoms with Crippen molar-refractivity contribution in [1.82, 2.24) is 14.5 Å². The second-order valence-corrected chi connectivity index (χ2v) is 14.6. The predicted molar refractivity (Wildman–Crippen MR) is 234 cm³/mol. The second-order valence-electron chi connectivity index (χ2n) is 14.6. The summed E-state index contributed by atoms with van der Waals surface area (Å²) in [5.41, 5.74) is 11.4. The third kappa shape index (κ3) is 4.90. The van der Waals surface area contributed by atoms with Crippen LogP contribution in [0.2, 0.25) is 0 Å².